The molecule has 0 aliphatic heterocycles. The van der Waals surface area contributed by atoms with E-state index in [0.29, 0.717) is 0 Å². The Labute approximate surface area is 136 Å². The summed E-state index contributed by atoms with van der Waals surface area (Å²) in [7, 11) is 0. The van der Waals surface area contributed by atoms with Crippen LogP contribution >= 0.6 is 23.4 Å². The first-order chi connectivity index (χ1) is 10.1. The van der Waals surface area contributed by atoms with E-state index in [1.54, 1.807) is 0 Å². The van der Waals surface area contributed by atoms with Crippen molar-refractivity contribution in [1.82, 2.24) is 0 Å². The number of rotatable bonds is 6. The van der Waals surface area contributed by atoms with Crippen molar-refractivity contribution in [3.63, 3.8) is 0 Å². The van der Waals surface area contributed by atoms with Gasteiger partial charge in [-0.25, -0.2) is 0 Å². The molecule has 2 N–H and O–H groups in total. The number of hydrogen-bond acceptors (Lipinski definition) is 2. The van der Waals surface area contributed by atoms with Crippen LogP contribution in [0.3, 0.4) is 0 Å². The highest BCUT2D eigenvalue weighted by Crippen LogP contribution is 2.29. The molecule has 0 heterocycles. The minimum Gasteiger partial charge on any atom is -0.327 e. The number of benzene rings is 2. The van der Waals surface area contributed by atoms with Gasteiger partial charge in [0, 0.05) is 21.7 Å². The maximum absolute atomic E-state index is 6.37. The predicted octanol–water partition coefficient (Wildman–Crippen LogP) is 5.22. The highest BCUT2D eigenvalue weighted by Gasteiger charge is 2.07. The van der Waals surface area contributed by atoms with Gasteiger partial charge in [0.2, 0.25) is 0 Å². The van der Waals surface area contributed by atoms with Crippen LogP contribution in [-0.2, 0) is 12.2 Å². The lowest BCUT2D eigenvalue weighted by atomic mass is 10.1. The van der Waals surface area contributed by atoms with Gasteiger partial charge in [-0.2, -0.15) is 0 Å². The van der Waals surface area contributed by atoms with Gasteiger partial charge in [0.15, 0.2) is 0 Å². The van der Waals surface area contributed by atoms with Gasteiger partial charge in [-0.05, 0) is 48.6 Å². The van der Waals surface area contributed by atoms with E-state index in [2.05, 4.69) is 56.3 Å². The fourth-order valence-electron chi connectivity index (χ4n) is 2.14. The van der Waals surface area contributed by atoms with Gasteiger partial charge in [0.25, 0.3) is 0 Å². The van der Waals surface area contributed by atoms with E-state index in [4.69, 9.17) is 17.3 Å². The molecule has 3 heteroatoms. The van der Waals surface area contributed by atoms with Crippen molar-refractivity contribution in [3.05, 3.63) is 64.2 Å². The Morgan fingerprint density at radius 1 is 1.14 bits per heavy atom. The average Bonchev–Trinajstić information content (AvgIpc) is 2.48. The molecule has 0 amide bonds. The van der Waals surface area contributed by atoms with Crippen LogP contribution in [0.4, 0.5) is 0 Å². The van der Waals surface area contributed by atoms with Crippen LogP contribution in [-0.4, -0.2) is 6.04 Å². The minimum absolute atomic E-state index is 0.188. The topological polar surface area (TPSA) is 26.0 Å². The third-order valence-corrected chi connectivity index (χ3v) is 5.08. The molecule has 21 heavy (non-hydrogen) atoms. The predicted molar refractivity (Wildman–Crippen MR) is 94.2 cm³/mol. The lowest BCUT2D eigenvalue weighted by molar-refractivity contribution is 0.646. The molecule has 112 valence electrons. The molecule has 0 aliphatic rings. The summed E-state index contributed by atoms with van der Waals surface area (Å²) < 4.78 is 0. The van der Waals surface area contributed by atoms with E-state index < -0.39 is 0 Å². The molecule has 2 aromatic carbocycles. The summed E-state index contributed by atoms with van der Waals surface area (Å²) in [4.78, 5) is 1.21. The van der Waals surface area contributed by atoms with E-state index in [9.17, 15) is 0 Å². The summed E-state index contributed by atoms with van der Waals surface area (Å²) in [5.74, 6) is 0.969. The first kappa shape index (κ1) is 16.4. The molecule has 0 aliphatic carbocycles. The molecule has 0 aromatic heterocycles. The number of aryl methyl sites for hydroxylation is 1. The van der Waals surface area contributed by atoms with Crippen LogP contribution in [0, 0.1) is 6.92 Å². The average molecular weight is 320 g/mol. The van der Waals surface area contributed by atoms with Crippen molar-refractivity contribution >= 4 is 23.4 Å². The highest BCUT2D eigenvalue weighted by atomic mass is 35.5. The zero-order valence-electron chi connectivity index (χ0n) is 12.6. The number of thioether (sulfide) groups is 1. The van der Waals surface area contributed by atoms with Gasteiger partial charge in [-0.15, -0.1) is 11.8 Å². The van der Waals surface area contributed by atoms with Gasteiger partial charge in [0.1, 0.15) is 0 Å². The molecule has 0 fully saturated rings. The second-order valence-corrected chi connectivity index (χ2v) is 6.80. The molecule has 1 atom stereocenters. The molecular formula is C18H22ClNS. The SMILES string of the molecule is CCC(N)Cc1ccc(SCc2ccccc2C)cc1Cl. The highest BCUT2D eigenvalue weighted by molar-refractivity contribution is 7.98. The summed E-state index contributed by atoms with van der Waals surface area (Å²) in [6.07, 6.45) is 1.82. The Hall–Kier alpha value is -0.960. The Kier molecular flexibility index (Phi) is 6.16. The van der Waals surface area contributed by atoms with E-state index in [1.807, 2.05) is 11.8 Å². The van der Waals surface area contributed by atoms with Gasteiger partial charge >= 0.3 is 0 Å². The molecular weight excluding hydrogens is 298 g/mol. The van der Waals surface area contributed by atoms with Gasteiger partial charge in [-0.1, -0.05) is 48.9 Å². The molecule has 0 saturated heterocycles. The molecule has 1 nitrogen and oxygen atoms in total. The van der Waals surface area contributed by atoms with Crippen LogP contribution in [0.2, 0.25) is 5.02 Å². The molecule has 0 spiro atoms. The zero-order valence-corrected chi connectivity index (χ0v) is 14.2. The smallest absolute Gasteiger partial charge is 0.0449 e. The second-order valence-electron chi connectivity index (χ2n) is 5.34. The molecule has 2 rings (SSSR count). The van der Waals surface area contributed by atoms with Crippen molar-refractivity contribution in [2.75, 3.05) is 0 Å². The van der Waals surface area contributed by atoms with Crippen LogP contribution in [0.15, 0.2) is 47.4 Å². The van der Waals surface area contributed by atoms with Crippen LogP contribution in [0.1, 0.15) is 30.0 Å². The van der Waals surface area contributed by atoms with Crippen molar-refractivity contribution in [3.8, 4) is 0 Å². The third kappa shape index (κ3) is 4.77. The Balaban J connectivity index is 2.02. The minimum atomic E-state index is 0.188. The van der Waals surface area contributed by atoms with Gasteiger partial charge in [0.05, 0.1) is 0 Å². The van der Waals surface area contributed by atoms with Crippen molar-refractivity contribution < 1.29 is 0 Å². The van der Waals surface area contributed by atoms with E-state index in [-0.39, 0.29) is 6.04 Å². The summed E-state index contributed by atoms with van der Waals surface area (Å²) in [6, 6.07) is 15.0. The van der Waals surface area contributed by atoms with E-state index in [1.165, 1.54) is 16.0 Å². The zero-order chi connectivity index (χ0) is 15.2. The van der Waals surface area contributed by atoms with Crippen molar-refractivity contribution in [1.29, 1.82) is 0 Å². The fourth-order valence-corrected chi connectivity index (χ4v) is 3.48. The standard InChI is InChI=1S/C18H22ClNS/c1-3-16(20)10-14-8-9-17(11-18(14)19)21-12-15-7-5-4-6-13(15)2/h4-9,11,16H,3,10,12,20H2,1-2H3. The van der Waals surface area contributed by atoms with Gasteiger partial charge in [-0.3, -0.25) is 0 Å². The van der Waals surface area contributed by atoms with Crippen LogP contribution < -0.4 is 5.73 Å². The summed E-state index contributed by atoms with van der Waals surface area (Å²) >= 11 is 8.19. The molecule has 0 saturated carbocycles. The van der Waals surface area contributed by atoms with Crippen molar-refractivity contribution in [2.24, 2.45) is 5.73 Å². The second kappa shape index (κ2) is 7.88. The molecule has 1 unspecified atom stereocenters. The fraction of sp³-hybridized carbons (Fsp3) is 0.333. The van der Waals surface area contributed by atoms with Crippen LogP contribution in [0.25, 0.3) is 0 Å². The molecule has 0 bridgehead atoms. The largest absolute Gasteiger partial charge is 0.327 e. The lowest BCUT2D eigenvalue weighted by Crippen LogP contribution is -2.21. The maximum Gasteiger partial charge on any atom is 0.0449 e. The quantitative estimate of drug-likeness (QED) is 0.739. The number of halogens is 1. The monoisotopic (exact) mass is 319 g/mol. The third-order valence-electron chi connectivity index (χ3n) is 3.69. The lowest BCUT2D eigenvalue weighted by Gasteiger charge is -2.11. The van der Waals surface area contributed by atoms with Crippen molar-refractivity contribution in [2.45, 2.75) is 43.4 Å². The van der Waals surface area contributed by atoms with E-state index in [0.717, 1.165) is 29.2 Å². The summed E-state index contributed by atoms with van der Waals surface area (Å²) in [5, 5.41) is 0.827. The summed E-state index contributed by atoms with van der Waals surface area (Å²) in [6.45, 7) is 4.25. The van der Waals surface area contributed by atoms with Gasteiger partial charge < -0.3 is 5.73 Å². The number of hydrogen-bond donors (Lipinski definition) is 1. The Bertz CT molecular complexity index is 598. The normalized spacial score (nSPS) is 12.4. The summed E-state index contributed by atoms with van der Waals surface area (Å²) in [5.41, 5.74) is 9.85. The number of nitrogens with two attached hydrogens (primary N) is 1. The molecule has 0 radical (unpaired) electrons. The maximum atomic E-state index is 6.37. The Morgan fingerprint density at radius 2 is 1.90 bits per heavy atom. The Morgan fingerprint density at radius 3 is 2.57 bits per heavy atom. The van der Waals surface area contributed by atoms with Crippen LogP contribution in [0.5, 0.6) is 0 Å². The first-order valence-corrected chi connectivity index (χ1v) is 8.67. The molecule has 2 aromatic rings. The van der Waals surface area contributed by atoms with E-state index >= 15 is 0 Å². The first-order valence-electron chi connectivity index (χ1n) is 7.31.